The number of urea groups is 1. The number of halogens is 2. The molecule has 1 fully saturated rings. The molecule has 0 unspecified atom stereocenters. The number of carbonyl (C=O) groups excluding carboxylic acids is 2. The number of carbonyl (C=O) groups is 2. The van der Waals surface area contributed by atoms with Gasteiger partial charge in [-0.3, -0.25) is 14.4 Å². The minimum absolute atomic E-state index is 0.0448. The van der Waals surface area contributed by atoms with Crippen molar-refractivity contribution in [3.63, 3.8) is 0 Å². The second-order valence-electron chi connectivity index (χ2n) is 5.31. The van der Waals surface area contributed by atoms with E-state index >= 15 is 0 Å². The fraction of sp³-hybridized carbons (Fsp3) is 0.615. The zero-order valence-electron chi connectivity index (χ0n) is 12.2. The fourth-order valence-electron chi connectivity index (χ4n) is 2.37. The molecule has 1 aliphatic heterocycles. The van der Waals surface area contributed by atoms with Crippen LogP contribution in [0, 0.1) is 0 Å². The van der Waals surface area contributed by atoms with Gasteiger partial charge >= 0.3 is 6.03 Å². The SMILES string of the molecule is CC(C)N1CCC(=O)N(Cc2cn(C)nc2C(F)F)C1=O. The highest BCUT2D eigenvalue weighted by molar-refractivity contribution is 5.96. The standard InChI is InChI=1S/C13H18F2N4O2/c1-8(2)18-5-4-10(20)19(13(18)21)7-9-6-17(3)16-11(9)12(14)15/h6,8,12H,4-5,7H2,1-3H3. The highest BCUT2D eigenvalue weighted by Gasteiger charge is 2.34. The van der Waals surface area contributed by atoms with Crippen molar-refractivity contribution >= 4 is 11.9 Å². The summed E-state index contributed by atoms with van der Waals surface area (Å²) in [6.45, 7) is 3.88. The fourth-order valence-corrected chi connectivity index (χ4v) is 2.37. The Kier molecular flexibility index (Phi) is 4.24. The molecular weight excluding hydrogens is 282 g/mol. The van der Waals surface area contributed by atoms with E-state index < -0.39 is 12.5 Å². The molecule has 1 aliphatic rings. The molecule has 0 aromatic carbocycles. The molecule has 8 heteroatoms. The molecule has 6 nitrogen and oxygen atoms in total. The monoisotopic (exact) mass is 300 g/mol. The third kappa shape index (κ3) is 3.03. The van der Waals surface area contributed by atoms with Gasteiger partial charge in [-0.1, -0.05) is 0 Å². The van der Waals surface area contributed by atoms with Crippen molar-refractivity contribution in [2.24, 2.45) is 7.05 Å². The van der Waals surface area contributed by atoms with Crippen LogP contribution in [0.15, 0.2) is 6.20 Å². The zero-order chi connectivity index (χ0) is 15.7. The normalized spacial score (nSPS) is 16.5. The maximum atomic E-state index is 12.9. The topological polar surface area (TPSA) is 58.4 Å². The van der Waals surface area contributed by atoms with Gasteiger partial charge in [0.25, 0.3) is 6.43 Å². The average Bonchev–Trinajstić information content (AvgIpc) is 2.75. The van der Waals surface area contributed by atoms with Crippen LogP contribution >= 0.6 is 0 Å². The highest BCUT2D eigenvalue weighted by Crippen LogP contribution is 2.24. The summed E-state index contributed by atoms with van der Waals surface area (Å²) in [5.41, 5.74) is -0.195. The van der Waals surface area contributed by atoms with E-state index in [0.29, 0.717) is 6.54 Å². The third-order valence-electron chi connectivity index (χ3n) is 3.44. The molecule has 1 saturated heterocycles. The molecule has 116 valence electrons. The lowest BCUT2D eigenvalue weighted by atomic mass is 10.2. The maximum Gasteiger partial charge on any atom is 0.327 e. The Labute approximate surface area is 121 Å². The number of imide groups is 1. The molecule has 1 aromatic heterocycles. The summed E-state index contributed by atoms with van der Waals surface area (Å²) in [7, 11) is 1.52. The summed E-state index contributed by atoms with van der Waals surface area (Å²) < 4.78 is 27.1. The highest BCUT2D eigenvalue weighted by atomic mass is 19.3. The molecule has 21 heavy (non-hydrogen) atoms. The Morgan fingerprint density at radius 3 is 2.57 bits per heavy atom. The lowest BCUT2D eigenvalue weighted by Gasteiger charge is -2.36. The van der Waals surface area contributed by atoms with Crippen LogP contribution in [0.25, 0.3) is 0 Å². The van der Waals surface area contributed by atoms with Crippen molar-refractivity contribution in [1.29, 1.82) is 0 Å². The van der Waals surface area contributed by atoms with Gasteiger partial charge in [-0.25, -0.2) is 13.6 Å². The average molecular weight is 300 g/mol. The molecule has 3 amide bonds. The van der Waals surface area contributed by atoms with Gasteiger partial charge < -0.3 is 4.90 Å². The van der Waals surface area contributed by atoms with Crippen LogP contribution in [0.5, 0.6) is 0 Å². The van der Waals surface area contributed by atoms with Crippen LogP contribution in [-0.4, -0.2) is 44.1 Å². The number of nitrogens with zero attached hydrogens (tertiary/aromatic N) is 4. The van der Waals surface area contributed by atoms with Crippen molar-refractivity contribution < 1.29 is 18.4 Å². The van der Waals surface area contributed by atoms with Crippen molar-refractivity contribution in [1.82, 2.24) is 19.6 Å². The molecule has 2 heterocycles. The predicted octanol–water partition coefficient (Wildman–Crippen LogP) is 1.92. The number of aromatic nitrogens is 2. The molecular formula is C13H18F2N4O2. The smallest absolute Gasteiger partial charge is 0.321 e. The van der Waals surface area contributed by atoms with Gasteiger partial charge in [0.1, 0.15) is 5.69 Å². The summed E-state index contributed by atoms with van der Waals surface area (Å²) in [6, 6.07) is -0.484. The minimum Gasteiger partial charge on any atom is -0.321 e. The van der Waals surface area contributed by atoms with E-state index in [-0.39, 0.29) is 36.2 Å². The number of aryl methyl sites for hydroxylation is 1. The first-order valence-corrected chi connectivity index (χ1v) is 6.72. The van der Waals surface area contributed by atoms with Gasteiger partial charge in [0.15, 0.2) is 0 Å². The van der Waals surface area contributed by atoms with Crippen LogP contribution in [-0.2, 0) is 18.4 Å². The quantitative estimate of drug-likeness (QED) is 0.853. The van der Waals surface area contributed by atoms with E-state index in [1.165, 1.54) is 17.9 Å². The van der Waals surface area contributed by atoms with E-state index in [1.807, 2.05) is 13.8 Å². The largest absolute Gasteiger partial charge is 0.327 e. The molecule has 2 rings (SSSR count). The predicted molar refractivity (Wildman–Crippen MR) is 70.6 cm³/mol. The van der Waals surface area contributed by atoms with Gasteiger partial charge in [-0.15, -0.1) is 0 Å². The summed E-state index contributed by atoms with van der Waals surface area (Å²) in [4.78, 5) is 26.8. The van der Waals surface area contributed by atoms with Gasteiger partial charge in [0, 0.05) is 37.8 Å². The Hall–Kier alpha value is -1.99. The molecule has 0 N–H and O–H groups in total. The van der Waals surface area contributed by atoms with E-state index in [1.54, 1.807) is 4.90 Å². The Balaban J connectivity index is 2.24. The zero-order valence-corrected chi connectivity index (χ0v) is 12.2. The Morgan fingerprint density at radius 2 is 2.00 bits per heavy atom. The van der Waals surface area contributed by atoms with Gasteiger partial charge in [-0.05, 0) is 13.8 Å². The van der Waals surface area contributed by atoms with Gasteiger partial charge in [-0.2, -0.15) is 5.10 Å². The molecule has 0 radical (unpaired) electrons. The van der Waals surface area contributed by atoms with Crippen molar-refractivity contribution in [3.05, 3.63) is 17.5 Å². The van der Waals surface area contributed by atoms with Crippen LogP contribution < -0.4 is 0 Å². The number of hydrogen-bond donors (Lipinski definition) is 0. The lowest BCUT2D eigenvalue weighted by molar-refractivity contribution is -0.131. The second-order valence-corrected chi connectivity index (χ2v) is 5.31. The van der Waals surface area contributed by atoms with Gasteiger partial charge in [0.05, 0.1) is 6.54 Å². The molecule has 0 saturated carbocycles. The molecule has 0 bridgehead atoms. The van der Waals surface area contributed by atoms with Gasteiger partial charge in [0.2, 0.25) is 5.91 Å². The van der Waals surface area contributed by atoms with E-state index in [2.05, 4.69) is 5.10 Å². The number of amides is 3. The second kappa shape index (κ2) is 5.79. The number of rotatable bonds is 4. The van der Waals surface area contributed by atoms with Crippen molar-refractivity contribution in [2.45, 2.75) is 39.3 Å². The van der Waals surface area contributed by atoms with E-state index in [0.717, 1.165) is 4.90 Å². The first-order chi connectivity index (χ1) is 9.81. The molecule has 1 aromatic rings. The van der Waals surface area contributed by atoms with Crippen LogP contribution in [0.2, 0.25) is 0 Å². The number of hydrogen-bond acceptors (Lipinski definition) is 3. The van der Waals surface area contributed by atoms with Crippen LogP contribution in [0.1, 0.15) is 38.0 Å². The molecule has 0 spiro atoms. The first-order valence-electron chi connectivity index (χ1n) is 6.72. The summed E-state index contributed by atoms with van der Waals surface area (Å²) in [6.07, 6.45) is -1.12. The maximum absolute atomic E-state index is 12.9. The first kappa shape index (κ1) is 15.4. The summed E-state index contributed by atoms with van der Waals surface area (Å²) >= 11 is 0. The minimum atomic E-state index is -2.74. The van der Waals surface area contributed by atoms with E-state index in [9.17, 15) is 18.4 Å². The van der Waals surface area contributed by atoms with Crippen molar-refractivity contribution in [3.8, 4) is 0 Å². The summed E-state index contributed by atoms with van der Waals surface area (Å²) in [5, 5.41) is 3.68. The van der Waals surface area contributed by atoms with Crippen LogP contribution in [0.4, 0.5) is 13.6 Å². The Bertz CT molecular complexity index is 556. The van der Waals surface area contributed by atoms with E-state index in [4.69, 9.17) is 0 Å². The number of alkyl halides is 2. The van der Waals surface area contributed by atoms with Crippen LogP contribution in [0.3, 0.4) is 0 Å². The Morgan fingerprint density at radius 1 is 1.33 bits per heavy atom. The lowest BCUT2D eigenvalue weighted by Crippen LogP contribution is -2.54. The molecule has 0 atom stereocenters. The third-order valence-corrected chi connectivity index (χ3v) is 3.44. The molecule has 0 aliphatic carbocycles. The van der Waals surface area contributed by atoms with Crippen molar-refractivity contribution in [2.75, 3.05) is 6.54 Å². The summed E-state index contributed by atoms with van der Waals surface area (Å²) in [5.74, 6) is -0.346.